The second-order valence-corrected chi connectivity index (χ2v) is 6.47. The molecule has 0 radical (unpaired) electrons. The number of nitrogens with two attached hydrogens (primary N) is 1. The fraction of sp³-hybridized carbons (Fsp3) is 0.368. The summed E-state index contributed by atoms with van der Waals surface area (Å²) in [5.74, 6) is -0.681. The molecule has 0 unspecified atom stereocenters. The number of carbonyl (C=O) groups excluding carboxylic acids is 1. The number of hydrogen-bond donors (Lipinski definition) is 2. The molecule has 2 aromatic carbocycles. The lowest BCUT2D eigenvalue weighted by Crippen LogP contribution is -2.55. The third kappa shape index (κ3) is 3.23. The van der Waals surface area contributed by atoms with Crippen LogP contribution in [0, 0.1) is 0 Å². The first-order valence-electron chi connectivity index (χ1n) is 8.59. The van der Waals surface area contributed by atoms with Crippen molar-refractivity contribution in [1.29, 1.82) is 0 Å². The zero-order valence-corrected chi connectivity index (χ0v) is 14.9. The second kappa shape index (κ2) is 7.31. The van der Waals surface area contributed by atoms with Crippen LogP contribution in [-0.2, 0) is 9.59 Å². The van der Waals surface area contributed by atoms with E-state index in [1.54, 1.807) is 25.1 Å². The van der Waals surface area contributed by atoms with Gasteiger partial charge in [-0.05, 0) is 31.2 Å². The zero-order chi connectivity index (χ0) is 18.8. The molecular formula is C19H23N3O4. The predicted molar refractivity (Wildman–Crippen MR) is 99.0 cm³/mol. The number of benzene rings is 2. The zero-order valence-electron chi connectivity index (χ0n) is 14.9. The molecule has 1 amide bonds. The number of methoxy groups -OCH3 is 1. The van der Waals surface area contributed by atoms with Crippen LogP contribution in [0.25, 0.3) is 10.8 Å². The topological polar surface area (TPSA) is 96.1 Å². The molecule has 3 N–H and O–H groups in total. The SMILES string of the molecule is COc1cc(N(C(=O)[C@H](C)N)N2CCC[C@H]2C(=O)O)cc2ccccc12. The van der Waals surface area contributed by atoms with Gasteiger partial charge in [-0.25, -0.2) is 5.01 Å². The van der Waals surface area contributed by atoms with E-state index in [4.69, 9.17) is 10.5 Å². The summed E-state index contributed by atoms with van der Waals surface area (Å²) in [6, 6.07) is 9.77. The van der Waals surface area contributed by atoms with E-state index in [-0.39, 0.29) is 5.91 Å². The Bertz CT molecular complexity index is 837. The van der Waals surface area contributed by atoms with E-state index in [0.717, 1.165) is 10.8 Å². The lowest BCUT2D eigenvalue weighted by atomic mass is 10.1. The van der Waals surface area contributed by atoms with Crippen LogP contribution in [-0.4, -0.2) is 47.7 Å². The highest BCUT2D eigenvalue weighted by molar-refractivity contribution is 6.00. The maximum atomic E-state index is 12.9. The maximum absolute atomic E-state index is 12.9. The number of rotatable bonds is 5. The molecule has 7 nitrogen and oxygen atoms in total. The molecule has 0 aromatic heterocycles. The summed E-state index contributed by atoms with van der Waals surface area (Å²) in [5.41, 5.74) is 6.40. The molecule has 0 bridgehead atoms. The molecule has 1 fully saturated rings. The van der Waals surface area contributed by atoms with Gasteiger partial charge in [-0.3, -0.25) is 9.59 Å². The molecule has 1 aliphatic rings. The van der Waals surface area contributed by atoms with Crippen molar-refractivity contribution in [3.05, 3.63) is 36.4 Å². The van der Waals surface area contributed by atoms with E-state index >= 15 is 0 Å². The fourth-order valence-electron chi connectivity index (χ4n) is 3.39. The van der Waals surface area contributed by atoms with E-state index in [0.29, 0.717) is 30.8 Å². The van der Waals surface area contributed by atoms with E-state index in [2.05, 4.69) is 0 Å². The minimum Gasteiger partial charge on any atom is -0.496 e. The van der Waals surface area contributed by atoms with Gasteiger partial charge in [-0.1, -0.05) is 24.3 Å². The van der Waals surface area contributed by atoms with Gasteiger partial charge in [0.1, 0.15) is 11.8 Å². The smallest absolute Gasteiger partial charge is 0.322 e. The summed E-state index contributed by atoms with van der Waals surface area (Å²) in [4.78, 5) is 24.5. The second-order valence-electron chi connectivity index (χ2n) is 6.47. The highest BCUT2D eigenvalue weighted by Gasteiger charge is 2.38. The van der Waals surface area contributed by atoms with Gasteiger partial charge in [0.2, 0.25) is 0 Å². The Hall–Kier alpha value is -2.64. The molecule has 26 heavy (non-hydrogen) atoms. The molecule has 7 heteroatoms. The van der Waals surface area contributed by atoms with Crippen molar-refractivity contribution in [2.75, 3.05) is 18.7 Å². The number of carboxylic acids is 1. The highest BCUT2D eigenvalue weighted by atomic mass is 16.5. The highest BCUT2D eigenvalue weighted by Crippen LogP contribution is 2.34. The lowest BCUT2D eigenvalue weighted by Gasteiger charge is -2.35. The molecule has 0 spiro atoms. The third-order valence-electron chi connectivity index (χ3n) is 4.64. The average Bonchev–Trinajstić information content (AvgIpc) is 3.10. The maximum Gasteiger partial charge on any atom is 0.322 e. The summed E-state index contributed by atoms with van der Waals surface area (Å²) in [6.45, 7) is 2.07. The van der Waals surface area contributed by atoms with Crippen molar-refractivity contribution in [2.24, 2.45) is 5.73 Å². The molecule has 2 aromatic rings. The lowest BCUT2D eigenvalue weighted by molar-refractivity contribution is -0.143. The molecular weight excluding hydrogens is 334 g/mol. The number of carboxylic acid groups (broad SMARTS) is 1. The summed E-state index contributed by atoms with van der Waals surface area (Å²) in [7, 11) is 1.57. The molecule has 0 aliphatic carbocycles. The quantitative estimate of drug-likeness (QED) is 0.850. The normalized spacial score (nSPS) is 18.7. The van der Waals surface area contributed by atoms with E-state index < -0.39 is 18.1 Å². The number of fused-ring (bicyclic) bond motifs is 1. The average molecular weight is 357 g/mol. The van der Waals surface area contributed by atoms with Crippen molar-refractivity contribution >= 4 is 28.3 Å². The van der Waals surface area contributed by atoms with Crippen molar-refractivity contribution in [3.63, 3.8) is 0 Å². The van der Waals surface area contributed by atoms with Crippen molar-refractivity contribution in [3.8, 4) is 5.75 Å². The number of ether oxygens (including phenoxy) is 1. The van der Waals surface area contributed by atoms with Gasteiger partial charge in [-0.15, -0.1) is 0 Å². The predicted octanol–water partition coefficient (Wildman–Crippen LogP) is 1.99. The summed E-state index contributed by atoms with van der Waals surface area (Å²) in [6.07, 6.45) is 1.19. The number of amides is 1. The Morgan fingerprint density at radius 3 is 2.73 bits per heavy atom. The van der Waals surface area contributed by atoms with Gasteiger partial charge in [0.15, 0.2) is 0 Å². The van der Waals surface area contributed by atoms with Gasteiger partial charge in [0, 0.05) is 18.0 Å². The Balaban J connectivity index is 2.14. The standard InChI is InChI=1S/C19H23N3O4/c1-12(20)18(23)22(21-9-5-8-16(21)19(24)25)14-10-13-6-3-4-7-15(13)17(11-14)26-2/h3-4,6-7,10-12,16H,5,8-9,20H2,1-2H3,(H,24,25)/t12-,16-/m0/s1. The van der Waals surface area contributed by atoms with Crippen LogP contribution in [0.15, 0.2) is 36.4 Å². The Morgan fingerprint density at radius 2 is 2.08 bits per heavy atom. The van der Waals surface area contributed by atoms with E-state index in [1.807, 2.05) is 30.3 Å². The number of hydrazine groups is 1. The summed E-state index contributed by atoms with van der Waals surface area (Å²) < 4.78 is 5.49. The monoisotopic (exact) mass is 357 g/mol. The number of anilines is 1. The van der Waals surface area contributed by atoms with Crippen molar-refractivity contribution < 1.29 is 19.4 Å². The van der Waals surface area contributed by atoms with Crippen LogP contribution in [0.4, 0.5) is 5.69 Å². The minimum absolute atomic E-state index is 0.351. The number of hydrogen-bond acceptors (Lipinski definition) is 5. The van der Waals surface area contributed by atoms with E-state index in [1.165, 1.54) is 5.01 Å². The van der Waals surface area contributed by atoms with Crippen LogP contribution < -0.4 is 15.5 Å². The van der Waals surface area contributed by atoms with Crippen LogP contribution in [0.1, 0.15) is 19.8 Å². The van der Waals surface area contributed by atoms with Crippen LogP contribution in [0.3, 0.4) is 0 Å². The first-order chi connectivity index (χ1) is 12.4. The summed E-state index contributed by atoms with van der Waals surface area (Å²) in [5, 5.41) is 14.4. The number of nitrogens with zero attached hydrogens (tertiary/aromatic N) is 2. The van der Waals surface area contributed by atoms with Gasteiger partial charge in [0.05, 0.1) is 18.8 Å². The van der Waals surface area contributed by atoms with Crippen LogP contribution >= 0.6 is 0 Å². The molecule has 1 aliphatic heterocycles. The Morgan fingerprint density at radius 1 is 1.35 bits per heavy atom. The van der Waals surface area contributed by atoms with Crippen LogP contribution in [0.2, 0.25) is 0 Å². The molecule has 2 atom stereocenters. The van der Waals surface area contributed by atoms with Gasteiger partial charge >= 0.3 is 5.97 Å². The summed E-state index contributed by atoms with van der Waals surface area (Å²) >= 11 is 0. The van der Waals surface area contributed by atoms with E-state index in [9.17, 15) is 14.7 Å². The first-order valence-corrected chi connectivity index (χ1v) is 8.59. The minimum atomic E-state index is -0.947. The molecule has 0 saturated carbocycles. The van der Waals surface area contributed by atoms with Crippen LogP contribution in [0.5, 0.6) is 5.75 Å². The molecule has 1 heterocycles. The van der Waals surface area contributed by atoms with Crippen molar-refractivity contribution in [1.82, 2.24) is 5.01 Å². The third-order valence-corrected chi connectivity index (χ3v) is 4.64. The molecule has 3 rings (SSSR count). The molecule has 1 saturated heterocycles. The first kappa shape index (κ1) is 18.2. The molecule has 138 valence electrons. The number of aliphatic carboxylic acids is 1. The van der Waals surface area contributed by atoms with Gasteiger partial charge in [-0.2, -0.15) is 5.01 Å². The fourth-order valence-corrected chi connectivity index (χ4v) is 3.39. The van der Waals surface area contributed by atoms with Gasteiger partial charge < -0.3 is 15.6 Å². The van der Waals surface area contributed by atoms with Gasteiger partial charge in [0.25, 0.3) is 5.91 Å². The number of carbonyl (C=O) groups is 2. The Kier molecular flexibility index (Phi) is 5.11. The Labute approximate surface area is 151 Å². The largest absolute Gasteiger partial charge is 0.496 e. The van der Waals surface area contributed by atoms with Crippen molar-refractivity contribution in [2.45, 2.75) is 31.8 Å².